The van der Waals surface area contributed by atoms with Crippen LogP contribution in [0.5, 0.6) is 0 Å². The Morgan fingerprint density at radius 3 is 2.83 bits per heavy atom. The van der Waals surface area contributed by atoms with E-state index in [1.807, 2.05) is 18.2 Å². The molecule has 0 bridgehead atoms. The van der Waals surface area contributed by atoms with Crippen LogP contribution in [-0.2, 0) is 26.0 Å². The summed E-state index contributed by atoms with van der Waals surface area (Å²) < 4.78 is 27.0. The van der Waals surface area contributed by atoms with Crippen LogP contribution in [0.4, 0.5) is 5.69 Å². The largest absolute Gasteiger partial charge is 0.348 e. The lowest BCUT2D eigenvalue weighted by Crippen LogP contribution is -2.44. The highest BCUT2D eigenvalue weighted by molar-refractivity contribution is 8.02. The molecule has 0 fully saturated rings. The van der Waals surface area contributed by atoms with Gasteiger partial charge in [-0.3, -0.25) is 9.59 Å². The number of benzene rings is 1. The number of anilines is 1. The lowest BCUT2D eigenvalue weighted by molar-refractivity contribution is -0.123. The van der Waals surface area contributed by atoms with E-state index < -0.39 is 10.0 Å². The van der Waals surface area contributed by atoms with Gasteiger partial charge in [-0.2, -0.15) is 0 Å². The van der Waals surface area contributed by atoms with Crippen molar-refractivity contribution in [1.82, 2.24) is 9.62 Å². The van der Waals surface area contributed by atoms with Gasteiger partial charge in [0, 0.05) is 14.1 Å². The standard InChI is InChI=1S/C20H23N3O4S3/c1-22(2)30(26,27)19-10-16-20(29-19)28-12-18(25)23(16)11-17(24)21-15-9-5-7-13-6-3-4-8-14(13)15/h3-4,6,8,10,15H,5,7,9,11-12H2,1-2H3,(H,21,24)/t15-/m0/s1. The van der Waals surface area contributed by atoms with Gasteiger partial charge in [-0.05, 0) is 36.5 Å². The summed E-state index contributed by atoms with van der Waals surface area (Å²) in [5.74, 6) is -0.251. The van der Waals surface area contributed by atoms with Crippen LogP contribution >= 0.6 is 23.1 Å². The van der Waals surface area contributed by atoms with E-state index in [0.29, 0.717) is 5.69 Å². The molecule has 160 valence electrons. The van der Waals surface area contributed by atoms with Crippen molar-refractivity contribution in [3.63, 3.8) is 0 Å². The summed E-state index contributed by atoms with van der Waals surface area (Å²) in [6.07, 6.45) is 2.87. The molecule has 0 saturated heterocycles. The van der Waals surface area contributed by atoms with Gasteiger partial charge in [0.1, 0.15) is 10.8 Å². The van der Waals surface area contributed by atoms with Crippen molar-refractivity contribution in [2.24, 2.45) is 0 Å². The predicted octanol–water partition coefficient (Wildman–Crippen LogP) is 2.63. The van der Waals surface area contributed by atoms with E-state index in [0.717, 1.165) is 44.7 Å². The number of nitrogens with zero attached hydrogens (tertiary/aromatic N) is 2. The zero-order valence-electron chi connectivity index (χ0n) is 16.8. The van der Waals surface area contributed by atoms with Gasteiger partial charge >= 0.3 is 0 Å². The highest BCUT2D eigenvalue weighted by Crippen LogP contribution is 2.44. The molecule has 4 rings (SSSR count). The predicted molar refractivity (Wildman–Crippen MR) is 119 cm³/mol. The van der Waals surface area contributed by atoms with E-state index in [9.17, 15) is 18.0 Å². The monoisotopic (exact) mass is 465 g/mol. The van der Waals surface area contributed by atoms with Gasteiger partial charge in [-0.15, -0.1) is 23.1 Å². The third kappa shape index (κ3) is 4.01. The molecule has 1 atom stereocenters. The van der Waals surface area contributed by atoms with E-state index in [2.05, 4.69) is 11.4 Å². The number of thiophene rings is 1. The Kier molecular flexibility index (Phi) is 5.93. The van der Waals surface area contributed by atoms with Crippen molar-refractivity contribution in [2.75, 3.05) is 31.3 Å². The average molecular weight is 466 g/mol. The first-order valence-electron chi connectivity index (χ1n) is 9.64. The van der Waals surface area contributed by atoms with Gasteiger partial charge in [-0.1, -0.05) is 24.3 Å². The third-order valence-corrected chi connectivity index (χ3v) is 9.97. The van der Waals surface area contributed by atoms with E-state index in [1.165, 1.54) is 42.4 Å². The maximum absolute atomic E-state index is 12.8. The van der Waals surface area contributed by atoms with Crippen LogP contribution in [0.15, 0.2) is 38.8 Å². The third-order valence-electron chi connectivity index (χ3n) is 5.32. The van der Waals surface area contributed by atoms with Gasteiger partial charge in [0.25, 0.3) is 10.0 Å². The fourth-order valence-corrected chi connectivity index (χ4v) is 7.68. The van der Waals surface area contributed by atoms with E-state index in [-0.39, 0.29) is 34.4 Å². The number of rotatable bonds is 5. The van der Waals surface area contributed by atoms with Crippen LogP contribution in [0.3, 0.4) is 0 Å². The molecule has 1 aromatic carbocycles. The number of hydrogen-bond donors (Lipinski definition) is 1. The summed E-state index contributed by atoms with van der Waals surface area (Å²) in [4.78, 5) is 26.8. The Labute approximate surface area is 184 Å². The Balaban J connectivity index is 1.54. The summed E-state index contributed by atoms with van der Waals surface area (Å²) in [6.45, 7) is -0.122. The second kappa shape index (κ2) is 8.33. The summed E-state index contributed by atoms with van der Waals surface area (Å²) >= 11 is 2.45. The summed E-state index contributed by atoms with van der Waals surface area (Å²) in [6, 6.07) is 9.54. The molecular weight excluding hydrogens is 442 g/mol. The average Bonchev–Trinajstić information content (AvgIpc) is 3.16. The number of carbonyl (C=O) groups excluding carboxylic acids is 2. The van der Waals surface area contributed by atoms with Gasteiger partial charge < -0.3 is 10.2 Å². The number of fused-ring (bicyclic) bond motifs is 2. The molecular formula is C20H23N3O4S3. The van der Waals surface area contributed by atoms with E-state index in [4.69, 9.17) is 0 Å². The minimum atomic E-state index is -3.60. The van der Waals surface area contributed by atoms with E-state index in [1.54, 1.807) is 0 Å². The molecule has 0 radical (unpaired) electrons. The van der Waals surface area contributed by atoms with Gasteiger partial charge in [0.15, 0.2) is 0 Å². The Morgan fingerprint density at radius 1 is 1.30 bits per heavy atom. The molecule has 0 saturated carbocycles. The zero-order valence-corrected chi connectivity index (χ0v) is 19.2. The molecule has 7 nitrogen and oxygen atoms in total. The van der Waals surface area contributed by atoms with Crippen LogP contribution < -0.4 is 10.2 Å². The number of aryl methyl sites for hydroxylation is 1. The van der Waals surface area contributed by atoms with Crippen molar-refractivity contribution in [1.29, 1.82) is 0 Å². The van der Waals surface area contributed by atoms with Gasteiger partial charge in [-0.25, -0.2) is 12.7 Å². The smallest absolute Gasteiger partial charge is 0.252 e. The van der Waals surface area contributed by atoms with E-state index >= 15 is 0 Å². The molecule has 0 unspecified atom stereocenters. The number of sulfonamides is 1. The fourth-order valence-electron chi connectivity index (χ4n) is 3.74. The summed E-state index contributed by atoms with van der Waals surface area (Å²) in [7, 11) is -0.653. The highest BCUT2D eigenvalue weighted by Gasteiger charge is 2.32. The van der Waals surface area contributed by atoms with Crippen molar-refractivity contribution >= 4 is 50.6 Å². The molecule has 2 aromatic rings. The summed E-state index contributed by atoms with van der Waals surface area (Å²) in [5.41, 5.74) is 2.88. The van der Waals surface area contributed by atoms with Crippen LogP contribution in [0.25, 0.3) is 0 Å². The second-order valence-electron chi connectivity index (χ2n) is 7.51. The van der Waals surface area contributed by atoms with Crippen molar-refractivity contribution in [3.8, 4) is 0 Å². The quantitative estimate of drug-likeness (QED) is 0.734. The number of amides is 2. The molecule has 2 heterocycles. The lowest BCUT2D eigenvalue weighted by Gasteiger charge is -2.29. The number of hydrogen-bond acceptors (Lipinski definition) is 6. The molecule has 1 aliphatic carbocycles. The minimum Gasteiger partial charge on any atom is -0.348 e. The molecule has 1 N–H and O–H groups in total. The SMILES string of the molecule is CN(C)S(=O)(=O)c1cc2c(s1)SCC(=O)N2CC(=O)N[C@H]1CCCc2ccccc21. The summed E-state index contributed by atoms with van der Waals surface area (Å²) in [5, 5.41) is 3.07. The molecule has 2 amide bonds. The topological polar surface area (TPSA) is 86.8 Å². The Bertz CT molecular complexity index is 1090. The first-order valence-corrected chi connectivity index (χ1v) is 12.9. The first-order chi connectivity index (χ1) is 14.3. The van der Waals surface area contributed by atoms with Crippen molar-refractivity contribution in [3.05, 3.63) is 41.5 Å². The van der Waals surface area contributed by atoms with Crippen molar-refractivity contribution in [2.45, 2.75) is 33.7 Å². The molecule has 0 spiro atoms. The molecule has 1 aromatic heterocycles. The van der Waals surface area contributed by atoms with Crippen LogP contribution in [0, 0.1) is 0 Å². The lowest BCUT2D eigenvalue weighted by atomic mass is 9.88. The first kappa shape index (κ1) is 21.4. The number of thioether (sulfide) groups is 1. The fraction of sp³-hybridized carbons (Fsp3) is 0.400. The van der Waals surface area contributed by atoms with Crippen LogP contribution in [-0.4, -0.2) is 50.9 Å². The number of carbonyl (C=O) groups is 2. The molecule has 1 aliphatic heterocycles. The molecule has 10 heteroatoms. The van der Waals surface area contributed by atoms with Gasteiger partial charge in [0.2, 0.25) is 11.8 Å². The Hall–Kier alpha value is -1.88. The minimum absolute atomic E-state index is 0.0663. The highest BCUT2D eigenvalue weighted by atomic mass is 32.3. The van der Waals surface area contributed by atoms with Crippen molar-refractivity contribution < 1.29 is 18.0 Å². The molecule has 2 aliphatic rings. The van der Waals surface area contributed by atoms with Gasteiger partial charge in [0.05, 0.1) is 21.7 Å². The van der Waals surface area contributed by atoms with Crippen LogP contribution in [0.1, 0.15) is 30.0 Å². The normalized spacial score (nSPS) is 18.8. The molecule has 30 heavy (non-hydrogen) atoms. The number of nitrogens with one attached hydrogen (secondary N) is 1. The zero-order chi connectivity index (χ0) is 21.5. The second-order valence-corrected chi connectivity index (χ2v) is 12.2. The Morgan fingerprint density at radius 2 is 2.07 bits per heavy atom. The van der Waals surface area contributed by atoms with Crippen LogP contribution in [0.2, 0.25) is 0 Å². The maximum atomic E-state index is 12.8. The maximum Gasteiger partial charge on any atom is 0.252 e.